The first kappa shape index (κ1) is 12.5. The third kappa shape index (κ3) is 1.64. The van der Waals surface area contributed by atoms with Crippen LogP contribution in [0.15, 0.2) is 48.5 Å². The fourth-order valence-corrected chi connectivity index (χ4v) is 2.70. The monoisotopic (exact) mass is 260 g/mol. The number of para-hydroxylation sites is 2. The Morgan fingerprint density at radius 1 is 0.950 bits per heavy atom. The topological polar surface area (TPSA) is 28.8 Å². The molecule has 3 rings (SSSR count). The number of aromatic nitrogens is 1. The average Bonchev–Trinajstić information content (AvgIpc) is 2.47. The van der Waals surface area contributed by atoms with E-state index in [0.29, 0.717) is 5.36 Å². The maximum absolute atomic E-state index is 8.43. The fraction of sp³-hybridized carbons (Fsp3) is 0.167. The van der Waals surface area contributed by atoms with Crippen LogP contribution < -0.4 is 5.36 Å². The Hall–Kier alpha value is -2.53. The molecule has 0 atom stereocenters. The van der Waals surface area contributed by atoms with Crippen molar-refractivity contribution >= 4 is 21.8 Å². The predicted molar refractivity (Wildman–Crippen MR) is 83.5 cm³/mol. The van der Waals surface area contributed by atoms with Crippen LogP contribution in [0.3, 0.4) is 0 Å². The molecule has 98 valence electrons. The SMILES string of the molecule is C#CC(C)(C)n1c2ccccc2c(=N)c2ccccc21. The molecule has 20 heavy (non-hydrogen) atoms. The smallest absolute Gasteiger partial charge is 0.100 e. The summed E-state index contributed by atoms with van der Waals surface area (Å²) in [6, 6.07) is 15.9. The highest BCUT2D eigenvalue weighted by Gasteiger charge is 2.21. The summed E-state index contributed by atoms with van der Waals surface area (Å²) in [5, 5.41) is 10.8. The Labute approximate surface area is 118 Å². The van der Waals surface area contributed by atoms with Crippen LogP contribution in [0, 0.1) is 17.8 Å². The number of nitrogens with zero attached hydrogens (tertiary/aromatic N) is 1. The zero-order valence-corrected chi connectivity index (χ0v) is 11.6. The van der Waals surface area contributed by atoms with Crippen molar-refractivity contribution in [2.75, 3.05) is 0 Å². The Balaban J connectivity index is 2.69. The Bertz CT molecular complexity index is 848. The van der Waals surface area contributed by atoms with Crippen LogP contribution in [0.1, 0.15) is 13.8 Å². The molecule has 1 aromatic heterocycles. The van der Waals surface area contributed by atoms with Crippen molar-refractivity contribution in [3.05, 3.63) is 53.9 Å². The summed E-state index contributed by atoms with van der Waals surface area (Å²) < 4.78 is 2.15. The van der Waals surface area contributed by atoms with Crippen molar-refractivity contribution in [1.82, 2.24) is 4.57 Å². The quantitative estimate of drug-likeness (QED) is 0.511. The van der Waals surface area contributed by atoms with E-state index in [0.717, 1.165) is 21.8 Å². The number of nitrogens with one attached hydrogen (secondary N) is 1. The van der Waals surface area contributed by atoms with Crippen molar-refractivity contribution in [2.24, 2.45) is 0 Å². The molecule has 2 heteroatoms. The van der Waals surface area contributed by atoms with E-state index in [9.17, 15) is 0 Å². The van der Waals surface area contributed by atoms with Crippen molar-refractivity contribution in [3.8, 4) is 12.3 Å². The molecule has 0 spiro atoms. The van der Waals surface area contributed by atoms with Crippen LogP contribution in [-0.4, -0.2) is 4.57 Å². The molecule has 1 N–H and O–H groups in total. The Morgan fingerprint density at radius 3 is 1.85 bits per heavy atom. The molecule has 1 heterocycles. The van der Waals surface area contributed by atoms with E-state index >= 15 is 0 Å². The fourth-order valence-electron chi connectivity index (χ4n) is 2.70. The first-order valence-electron chi connectivity index (χ1n) is 6.61. The van der Waals surface area contributed by atoms with Crippen molar-refractivity contribution in [2.45, 2.75) is 19.4 Å². The Kier molecular flexibility index (Phi) is 2.65. The minimum Gasteiger partial charge on any atom is -0.324 e. The van der Waals surface area contributed by atoms with Gasteiger partial charge in [0, 0.05) is 10.8 Å². The second-order valence-corrected chi connectivity index (χ2v) is 5.45. The molecule has 0 fully saturated rings. The van der Waals surface area contributed by atoms with E-state index in [1.165, 1.54) is 0 Å². The highest BCUT2D eigenvalue weighted by Crippen LogP contribution is 2.26. The van der Waals surface area contributed by atoms with Gasteiger partial charge in [0.2, 0.25) is 0 Å². The molecule has 0 aliphatic heterocycles. The first-order chi connectivity index (χ1) is 9.56. The molecule has 0 saturated carbocycles. The summed E-state index contributed by atoms with van der Waals surface area (Å²) in [6.07, 6.45) is 5.74. The zero-order chi connectivity index (χ0) is 14.3. The molecular formula is C18H16N2. The molecule has 0 bridgehead atoms. The minimum absolute atomic E-state index is 0.451. The van der Waals surface area contributed by atoms with Gasteiger partial charge < -0.3 is 4.57 Å². The van der Waals surface area contributed by atoms with E-state index in [1.807, 2.05) is 62.4 Å². The van der Waals surface area contributed by atoms with Crippen LogP contribution >= 0.6 is 0 Å². The van der Waals surface area contributed by atoms with Crippen LogP contribution in [0.4, 0.5) is 0 Å². The predicted octanol–water partition coefficient (Wildman–Crippen LogP) is 3.64. The van der Waals surface area contributed by atoms with Gasteiger partial charge in [0.25, 0.3) is 0 Å². The third-order valence-corrected chi connectivity index (χ3v) is 3.74. The first-order valence-corrected chi connectivity index (χ1v) is 6.61. The highest BCUT2D eigenvalue weighted by molar-refractivity contribution is 5.93. The molecule has 0 unspecified atom stereocenters. The number of hydrogen-bond donors (Lipinski definition) is 1. The molecule has 0 amide bonds. The second kappa shape index (κ2) is 4.25. The van der Waals surface area contributed by atoms with Gasteiger partial charge in [0.1, 0.15) is 5.54 Å². The summed E-state index contributed by atoms with van der Waals surface area (Å²) in [7, 11) is 0. The van der Waals surface area contributed by atoms with Gasteiger partial charge in [0.15, 0.2) is 0 Å². The maximum atomic E-state index is 8.43. The number of hydrogen-bond acceptors (Lipinski definition) is 1. The standard InChI is InChI=1S/C18H16N2/c1-4-18(2,3)20-15-11-7-5-9-13(15)17(19)14-10-6-8-12-16(14)20/h1,5-12,19H,2-3H3. The van der Waals surface area contributed by atoms with Gasteiger partial charge >= 0.3 is 0 Å². The number of benzene rings is 2. The molecule has 0 saturated heterocycles. The molecular weight excluding hydrogens is 244 g/mol. The molecule has 0 aliphatic rings. The van der Waals surface area contributed by atoms with Gasteiger partial charge in [-0.3, -0.25) is 5.41 Å². The lowest BCUT2D eigenvalue weighted by molar-refractivity contribution is 0.505. The molecule has 2 aromatic carbocycles. The second-order valence-electron chi connectivity index (χ2n) is 5.45. The number of fused-ring (bicyclic) bond motifs is 2. The van der Waals surface area contributed by atoms with E-state index in [2.05, 4.69) is 10.5 Å². The molecule has 3 aromatic rings. The van der Waals surface area contributed by atoms with E-state index in [-0.39, 0.29) is 0 Å². The van der Waals surface area contributed by atoms with Crippen molar-refractivity contribution < 1.29 is 0 Å². The van der Waals surface area contributed by atoms with E-state index < -0.39 is 5.54 Å². The summed E-state index contributed by atoms with van der Waals surface area (Å²) >= 11 is 0. The third-order valence-electron chi connectivity index (χ3n) is 3.74. The van der Waals surface area contributed by atoms with Gasteiger partial charge in [-0.05, 0) is 26.0 Å². The van der Waals surface area contributed by atoms with Gasteiger partial charge in [-0.1, -0.05) is 42.3 Å². The number of rotatable bonds is 1. The van der Waals surface area contributed by atoms with Crippen LogP contribution in [-0.2, 0) is 5.54 Å². The normalized spacial score (nSPS) is 11.7. The highest BCUT2D eigenvalue weighted by atomic mass is 15.0. The largest absolute Gasteiger partial charge is 0.324 e. The molecule has 0 aliphatic carbocycles. The van der Waals surface area contributed by atoms with E-state index in [4.69, 9.17) is 11.8 Å². The van der Waals surface area contributed by atoms with Gasteiger partial charge in [-0.15, -0.1) is 6.42 Å². The molecule has 2 nitrogen and oxygen atoms in total. The summed E-state index contributed by atoms with van der Waals surface area (Å²) in [5.74, 6) is 2.86. The van der Waals surface area contributed by atoms with Crippen molar-refractivity contribution in [1.29, 1.82) is 5.41 Å². The maximum Gasteiger partial charge on any atom is 0.100 e. The number of pyridine rings is 1. The van der Waals surface area contributed by atoms with Gasteiger partial charge in [-0.2, -0.15) is 0 Å². The lowest BCUT2D eigenvalue weighted by Crippen LogP contribution is -2.27. The van der Waals surface area contributed by atoms with E-state index in [1.54, 1.807) is 0 Å². The van der Waals surface area contributed by atoms with Crippen molar-refractivity contribution in [3.63, 3.8) is 0 Å². The van der Waals surface area contributed by atoms with Gasteiger partial charge in [0.05, 0.1) is 16.4 Å². The van der Waals surface area contributed by atoms with Crippen LogP contribution in [0.5, 0.6) is 0 Å². The lowest BCUT2D eigenvalue weighted by Gasteiger charge is -2.27. The summed E-state index contributed by atoms with van der Waals surface area (Å²) in [5.41, 5.74) is 1.55. The number of terminal acetylenes is 1. The minimum atomic E-state index is -0.451. The van der Waals surface area contributed by atoms with Gasteiger partial charge in [-0.25, -0.2) is 0 Å². The summed E-state index contributed by atoms with van der Waals surface area (Å²) in [4.78, 5) is 0. The summed E-state index contributed by atoms with van der Waals surface area (Å²) in [6.45, 7) is 4.05. The Morgan fingerprint density at radius 2 is 1.40 bits per heavy atom. The van der Waals surface area contributed by atoms with Crippen LogP contribution in [0.25, 0.3) is 21.8 Å². The average molecular weight is 260 g/mol. The molecule has 0 radical (unpaired) electrons. The zero-order valence-electron chi connectivity index (χ0n) is 11.6. The lowest BCUT2D eigenvalue weighted by atomic mass is 10.0. The van der Waals surface area contributed by atoms with Crippen LogP contribution in [0.2, 0.25) is 0 Å².